The zero-order chi connectivity index (χ0) is 20.1. The van der Waals surface area contributed by atoms with Crippen molar-refractivity contribution in [3.63, 3.8) is 0 Å². The molecular formula is C22H30ClIN6. The smallest absolute Gasteiger partial charge is 0.194 e. The SMILES string of the molecule is CN=C(NCc1ccnc(N2CCCC2)c1)N1CCN(c2cccc(Cl)c2)CC1.I. The van der Waals surface area contributed by atoms with E-state index in [1.807, 2.05) is 31.4 Å². The van der Waals surface area contributed by atoms with Crippen molar-refractivity contribution in [3.8, 4) is 0 Å². The molecule has 162 valence electrons. The van der Waals surface area contributed by atoms with Gasteiger partial charge in [-0.2, -0.15) is 0 Å². The van der Waals surface area contributed by atoms with E-state index in [4.69, 9.17) is 11.6 Å². The molecule has 6 nitrogen and oxygen atoms in total. The largest absolute Gasteiger partial charge is 0.368 e. The van der Waals surface area contributed by atoms with E-state index in [9.17, 15) is 0 Å². The standard InChI is InChI=1S/C22H29ClN6.HI/c1-24-22(26-17-18-7-8-25-21(15-18)28-9-2-3-10-28)29-13-11-27(12-14-29)20-6-4-5-19(23)16-20;/h4-8,15-16H,2-3,9-14,17H2,1H3,(H,24,26);1H. The first-order valence-corrected chi connectivity index (χ1v) is 10.8. The van der Waals surface area contributed by atoms with Gasteiger partial charge in [-0.15, -0.1) is 24.0 Å². The number of nitrogens with one attached hydrogen (secondary N) is 1. The van der Waals surface area contributed by atoms with E-state index in [2.05, 4.69) is 48.2 Å². The third-order valence-corrected chi connectivity index (χ3v) is 5.89. The maximum atomic E-state index is 6.14. The van der Waals surface area contributed by atoms with Crippen molar-refractivity contribution in [2.24, 2.45) is 4.99 Å². The zero-order valence-corrected chi connectivity index (χ0v) is 20.5. The van der Waals surface area contributed by atoms with Crippen LogP contribution in [0.15, 0.2) is 47.6 Å². The summed E-state index contributed by atoms with van der Waals surface area (Å²) in [5, 5.41) is 4.31. The summed E-state index contributed by atoms with van der Waals surface area (Å²) in [6.45, 7) is 6.75. The van der Waals surface area contributed by atoms with Gasteiger partial charge in [0.05, 0.1) is 0 Å². The lowest BCUT2D eigenvalue weighted by Crippen LogP contribution is -2.52. The van der Waals surface area contributed by atoms with Gasteiger partial charge in [0, 0.05) is 69.8 Å². The van der Waals surface area contributed by atoms with Crippen LogP contribution in [0, 0.1) is 0 Å². The highest BCUT2D eigenvalue weighted by atomic mass is 127. The molecule has 0 unspecified atom stereocenters. The van der Waals surface area contributed by atoms with Gasteiger partial charge in [0.15, 0.2) is 5.96 Å². The van der Waals surface area contributed by atoms with E-state index in [0.717, 1.165) is 62.6 Å². The molecule has 1 aromatic carbocycles. The molecule has 0 aliphatic carbocycles. The number of guanidine groups is 1. The Balaban J connectivity index is 0.00000256. The molecule has 30 heavy (non-hydrogen) atoms. The highest BCUT2D eigenvalue weighted by molar-refractivity contribution is 14.0. The molecule has 2 aliphatic rings. The van der Waals surface area contributed by atoms with Crippen LogP contribution in [-0.4, -0.2) is 62.2 Å². The fourth-order valence-corrected chi connectivity index (χ4v) is 4.24. The van der Waals surface area contributed by atoms with E-state index in [-0.39, 0.29) is 24.0 Å². The van der Waals surface area contributed by atoms with Gasteiger partial charge in [-0.1, -0.05) is 17.7 Å². The monoisotopic (exact) mass is 540 g/mol. The van der Waals surface area contributed by atoms with Gasteiger partial charge in [-0.25, -0.2) is 4.98 Å². The number of rotatable bonds is 4. The van der Waals surface area contributed by atoms with Gasteiger partial charge in [0.25, 0.3) is 0 Å². The van der Waals surface area contributed by atoms with E-state index in [0.29, 0.717) is 0 Å². The predicted molar refractivity (Wildman–Crippen MR) is 137 cm³/mol. The van der Waals surface area contributed by atoms with Gasteiger partial charge in [-0.3, -0.25) is 4.99 Å². The second kappa shape index (κ2) is 11.0. The predicted octanol–water partition coefficient (Wildman–Crippen LogP) is 3.85. The molecule has 3 heterocycles. The molecule has 0 spiro atoms. The van der Waals surface area contributed by atoms with Crippen LogP contribution >= 0.6 is 35.6 Å². The maximum absolute atomic E-state index is 6.14. The third-order valence-electron chi connectivity index (χ3n) is 5.65. The van der Waals surface area contributed by atoms with Crippen molar-refractivity contribution >= 4 is 53.0 Å². The topological polar surface area (TPSA) is 47.0 Å². The number of benzene rings is 1. The summed E-state index contributed by atoms with van der Waals surface area (Å²) in [7, 11) is 1.86. The lowest BCUT2D eigenvalue weighted by molar-refractivity contribution is 0.372. The molecule has 2 saturated heterocycles. The first-order chi connectivity index (χ1) is 14.2. The van der Waals surface area contributed by atoms with E-state index in [1.165, 1.54) is 24.1 Å². The number of aromatic nitrogens is 1. The number of aliphatic imine (C=N–C) groups is 1. The molecule has 1 N–H and O–H groups in total. The van der Waals surface area contributed by atoms with Crippen LogP contribution in [0.2, 0.25) is 5.02 Å². The van der Waals surface area contributed by atoms with Gasteiger partial charge in [0.2, 0.25) is 0 Å². The molecule has 1 aromatic heterocycles. The van der Waals surface area contributed by atoms with Crippen molar-refractivity contribution < 1.29 is 0 Å². The Labute approximate surface area is 201 Å². The molecule has 0 saturated carbocycles. The minimum absolute atomic E-state index is 0. The summed E-state index contributed by atoms with van der Waals surface area (Å²) in [5.41, 5.74) is 2.42. The van der Waals surface area contributed by atoms with Gasteiger partial charge in [0.1, 0.15) is 5.82 Å². The van der Waals surface area contributed by atoms with Gasteiger partial charge in [-0.05, 0) is 48.7 Å². The summed E-state index contributed by atoms with van der Waals surface area (Å²) in [5.74, 6) is 2.04. The van der Waals surface area contributed by atoms with E-state index < -0.39 is 0 Å². The van der Waals surface area contributed by atoms with E-state index in [1.54, 1.807) is 0 Å². The molecule has 0 bridgehead atoms. The molecule has 0 radical (unpaired) electrons. The van der Waals surface area contributed by atoms with Crippen LogP contribution in [0.25, 0.3) is 0 Å². The van der Waals surface area contributed by atoms with Crippen molar-refractivity contribution in [2.75, 3.05) is 56.1 Å². The highest BCUT2D eigenvalue weighted by Gasteiger charge is 2.20. The lowest BCUT2D eigenvalue weighted by atomic mass is 10.2. The average Bonchev–Trinajstić information content (AvgIpc) is 3.30. The molecule has 2 aliphatic heterocycles. The summed E-state index contributed by atoms with van der Waals surface area (Å²) < 4.78 is 0. The molecule has 0 amide bonds. The van der Waals surface area contributed by atoms with Gasteiger partial charge >= 0.3 is 0 Å². The number of halogens is 2. The first kappa shape index (κ1) is 22.9. The number of hydrogen-bond donors (Lipinski definition) is 1. The fourth-order valence-electron chi connectivity index (χ4n) is 4.05. The Morgan fingerprint density at radius 3 is 2.50 bits per heavy atom. The molecule has 4 rings (SSSR count). The molecule has 8 heteroatoms. The number of pyridine rings is 1. The second-order valence-corrected chi connectivity index (χ2v) is 8.01. The summed E-state index contributed by atoms with van der Waals surface area (Å²) in [6, 6.07) is 12.4. The number of piperazine rings is 1. The summed E-state index contributed by atoms with van der Waals surface area (Å²) in [6.07, 6.45) is 4.44. The Kier molecular flexibility index (Phi) is 8.44. The van der Waals surface area contributed by atoms with Crippen LogP contribution in [-0.2, 0) is 6.54 Å². The van der Waals surface area contributed by atoms with Crippen molar-refractivity contribution in [1.82, 2.24) is 15.2 Å². The molecule has 0 atom stereocenters. The minimum Gasteiger partial charge on any atom is -0.368 e. The number of hydrogen-bond acceptors (Lipinski definition) is 4. The number of nitrogens with zero attached hydrogens (tertiary/aromatic N) is 5. The van der Waals surface area contributed by atoms with Crippen molar-refractivity contribution in [2.45, 2.75) is 19.4 Å². The maximum Gasteiger partial charge on any atom is 0.194 e. The van der Waals surface area contributed by atoms with Crippen molar-refractivity contribution in [3.05, 3.63) is 53.2 Å². The Morgan fingerprint density at radius 1 is 1.03 bits per heavy atom. The quantitative estimate of drug-likeness (QED) is 0.363. The fraction of sp³-hybridized carbons (Fsp3) is 0.455. The Morgan fingerprint density at radius 2 is 1.80 bits per heavy atom. The van der Waals surface area contributed by atoms with Crippen LogP contribution in [0.3, 0.4) is 0 Å². The van der Waals surface area contributed by atoms with Crippen LogP contribution in [0.1, 0.15) is 18.4 Å². The third kappa shape index (κ3) is 5.69. The first-order valence-electron chi connectivity index (χ1n) is 10.4. The van der Waals surface area contributed by atoms with Crippen LogP contribution < -0.4 is 15.1 Å². The Hall–Kier alpha value is -1.74. The van der Waals surface area contributed by atoms with Gasteiger partial charge < -0.3 is 20.0 Å². The lowest BCUT2D eigenvalue weighted by Gasteiger charge is -2.37. The molecular weight excluding hydrogens is 511 g/mol. The highest BCUT2D eigenvalue weighted by Crippen LogP contribution is 2.21. The minimum atomic E-state index is 0. The van der Waals surface area contributed by atoms with Crippen molar-refractivity contribution in [1.29, 1.82) is 0 Å². The molecule has 2 aromatic rings. The normalized spacial score (nSPS) is 17.1. The van der Waals surface area contributed by atoms with Crippen LogP contribution in [0.5, 0.6) is 0 Å². The summed E-state index contributed by atoms with van der Waals surface area (Å²) >= 11 is 6.14. The number of anilines is 2. The average molecular weight is 541 g/mol. The zero-order valence-electron chi connectivity index (χ0n) is 17.4. The van der Waals surface area contributed by atoms with E-state index >= 15 is 0 Å². The molecule has 2 fully saturated rings. The van der Waals surface area contributed by atoms with Crippen LogP contribution in [0.4, 0.5) is 11.5 Å². The second-order valence-electron chi connectivity index (χ2n) is 7.57. The Bertz CT molecular complexity index is 847. The summed E-state index contributed by atoms with van der Waals surface area (Å²) in [4.78, 5) is 16.1.